The number of thiophene rings is 1. The van der Waals surface area contributed by atoms with Crippen LogP contribution in [0.2, 0.25) is 0 Å². The minimum atomic E-state index is -1.03. The molecule has 0 bridgehead atoms. The number of nitrogens with zero attached hydrogens (tertiary/aromatic N) is 7. The van der Waals surface area contributed by atoms with Crippen LogP contribution in [0.3, 0.4) is 0 Å². The molecule has 3 N–H and O–H groups in total. The van der Waals surface area contributed by atoms with E-state index in [0.29, 0.717) is 72.5 Å². The molecule has 54 heavy (non-hydrogen) atoms. The Morgan fingerprint density at radius 1 is 1.06 bits per heavy atom. The fraction of sp³-hybridized carbons (Fsp3) is 0.289. The third-order valence-electron chi connectivity index (χ3n) is 10.3. The van der Waals surface area contributed by atoms with Crippen molar-refractivity contribution in [2.45, 2.75) is 24.6 Å². The van der Waals surface area contributed by atoms with Gasteiger partial charge in [0.2, 0.25) is 0 Å². The van der Waals surface area contributed by atoms with Crippen LogP contribution >= 0.6 is 11.3 Å². The van der Waals surface area contributed by atoms with E-state index in [-0.39, 0.29) is 35.8 Å². The summed E-state index contributed by atoms with van der Waals surface area (Å²) in [7, 11) is 0. The number of rotatable bonds is 9. The van der Waals surface area contributed by atoms with Gasteiger partial charge in [0, 0.05) is 37.0 Å². The fourth-order valence-corrected chi connectivity index (χ4v) is 8.74. The first kappa shape index (κ1) is 34.1. The number of halogens is 2. The zero-order chi connectivity index (χ0) is 37.0. The van der Waals surface area contributed by atoms with Crippen LogP contribution < -0.4 is 26.2 Å². The quantitative estimate of drug-likeness (QED) is 0.217. The number of para-hydroxylation sites is 1. The SMILES string of the molecule is Nc1nc2sc(C(=O)NC3CN(CC4COC(Cn5cncn5)(c5ccc(F)cc5F)C4)C3)cc2n(-c2ccc3c(c2)N(c2ccccc2)CCO3)c1=O. The monoisotopic (exact) mass is 751 g/mol. The van der Waals surface area contributed by atoms with Crippen LogP contribution in [0.4, 0.5) is 26.0 Å². The molecule has 2 saturated heterocycles. The predicted molar refractivity (Wildman–Crippen MR) is 198 cm³/mol. The predicted octanol–water partition coefficient (Wildman–Crippen LogP) is 4.48. The Bertz CT molecular complexity index is 2420. The molecule has 0 saturated carbocycles. The standard InChI is InChI=1S/C38H35F2N9O4S/c39-24-6-8-28(29(40)12-24)38(20-47-22-42-21-43-47)15-23(19-53-38)16-46-17-25(18-46)44-35(50)33-14-31-36(54-33)45-34(41)37(51)49(31)27-7-9-32-30(13-27)48(10-11-52-32)26-4-2-1-3-5-26/h1-9,12-14,21-23,25H,10-11,15-20H2,(H2,41,45)(H,44,50). The highest BCUT2D eigenvalue weighted by Gasteiger charge is 2.45. The van der Waals surface area contributed by atoms with Crippen LogP contribution in [0.25, 0.3) is 16.0 Å². The lowest BCUT2D eigenvalue weighted by Gasteiger charge is -2.40. The number of benzene rings is 3. The highest BCUT2D eigenvalue weighted by Crippen LogP contribution is 2.43. The first-order valence-electron chi connectivity index (χ1n) is 17.6. The topological polar surface area (TPSA) is 146 Å². The lowest BCUT2D eigenvalue weighted by atomic mass is 9.86. The Morgan fingerprint density at radius 3 is 2.70 bits per heavy atom. The summed E-state index contributed by atoms with van der Waals surface area (Å²) >= 11 is 1.17. The third-order valence-corrected chi connectivity index (χ3v) is 11.3. The Morgan fingerprint density at radius 2 is 1.91 bits per heavy atom. The molecule has 3 aliphatic heterocycles. The van der Waals surface area contributed by atoms with Crippen molar-refractivity contribution >= 4 is 44.8 Å². The van der Waals surface area contributed by atoms with E-state index in [1.807, 2.05) is 42.5 Å². The Hall–Kier alpha value is -5.71. The molecule has 9 rings (SSSR count). The van der Waals surface area contributed by atoms with Gasteiger partial charge in [-0.15, -0.1) is 11.3 Å². The molecule has 0 radical (unpaired) electrons. The van der Waals surface area contributed by atoms with Gasteiger partial charge in [-0.3, -0.25) is 19.1 Å². The number of amides is 1. The molecule has 1 amide bonds. The summed E-state index contributed by atoms with van der Waals surface area (Å²) < 4.78 is 44.2. The molecule has 2 fully saturated rings. The van der Waals surface area contributed by atoms with Gasteiger partial charge in [0.15, 0.2) is 5.82 Å². The maximum Gasteiger partial charge on any atom is 0.298 e. The van der Waals surface area contributed by atoms with Gasteiger partial charge in [-0.05, 0) is 54.8 Å². The largest absolute Gasteiger partial charge is 0.490 e. The van der Waals surface area contributed by atoms with Crippen LogP contribution in [0.1, 0.15) is 21.7 Å². The first-order chi connectivity index (χ1) is 26.2. The van der Waals surface area contributed by atoms with Gasteiger partial charge in [0.1, 0.15) is 47.1 Å². The molecule has 0 spiro atoms. The van der Waals surface area contributed by atoms with E-state index in [1.54, 1.807) is 23.1 Å². The second kappa shape index (κ2) is 13.6. The maximum absolute atomic E-state index is 15.1. The van der Waals surface area contributed by atoms with Crippen LogP contribution in [0, 0.1) is 17.6 Å². The van der Waals surface area contributed by atoms with Gasteiger partial charge in [-0.1, -0.05) is 24.3 Å². The number of hydrogen-bond donors (Lipinski definition) is 2. The van der Waals surface area contributed by atoms with Crippen LogP contribution in [-0.4, -0.2) is 80.6 Å². The minimum Gasteiger partial charge on any atom is -0.490 e. The van der Waals surface area contributed by atoms with E-state index in [4.69, 9.17) is 15.2 Å². The lowest BCUT2D eigenvalue weighted by Crippen LogP contribution is -2.60. The molecule has 2 atom stereocenters. The number of nitrogen functional groups attached to an aromatic ring is 1. The Balaban J connectivity index is 0.887. The molecule has 13 nitrogen and oxygen atoms in total. The van der Waals surface area contributed by atoms with E-state index in [2.05, 4.69) is 30.2 Å². The van der Waals surface area contributed by atoms with E-state index < -0.39 is 22.8 Å². The second-order valence-electron chi connectivity index (χ2n) is 13.9. The van der Waals surface area contributed by atoms with Gasteiger partial charge < -0.3 is 25.4 Å². The van der Waals surface area contributed by atoms with Crippen molar-refractivity contribution in [1.29, 1.82) is 0 Å². The summed E-state index contributed by atoms with van der Waals surface area (Å²) in [6, 6.07) is 20.6. The average molecular weight is 752 g/mol. The van der Waals surface area contributed by atoms with Crippen molar-refractivity contribution in [3.8, 4) is 11.4 Å². The van der Waals surface area contributed by atoms with E-state index >= 15 is 4.39 Å². The van der Waals surface area contributed by atoms with Crippen LogP contribution in [-0.2, 0) is 16.9 Å². The van der Waals surface area contributed by atoms with Gasteiger partial charge in [-0.2, -0.15) is 5.10 Å². The normalized spacial score (nSPS) is 20.1. The molecule has 276 valence electrons. The number of carbonyl (C=O) groups is 1. The molecule has 6 heterocycles. The molecular weight excluding hydrogens is 717 g/mol. The third kappa shape index (κ3) is 6.25. The van der Waals surface area contributed by atoms with Gasteiger partial charge >= 0.3 is 0 Å². The van der Waals surface area contributed by atoms with Crippen molar-refractivity contribution in [3.63, 3.8) is 0 Å². The summed E-state index contributed by atoms with van der Waals surface area (Å²) in [6.07, 6.45) is 3.46. The van der Waals surface area contributed by atoms with E-state index in [1.165, 1.54) is 34.4 Å². The number of ether oxygens (including phenoxy) is 2. The van der Waals surface area contributed by atoms with Crippen molar-refractivity contribution in [3.05, 3.63) is 118 Å². The fourth-order valence-electron chi connectivity index (χ4n) is 7.81. The summed E-state index contributed by atoms with van der Waals surface area (Å²) in [5.41, 5.74) is 7.79. The summed E-state index contributed by atoms with van der Waals surface area (Å²) in [6.45, 7) is 3.72. The average Bonchev–Trinajstić information content (AvgIpc) is 3.92. The lowest BCUT2D eigenvalue weighted by molar-refractivity contribution is -0.0208. The number of nitrogens with two attached hydrogens (primary N) is 1. The summed E-state index contributed by atoms with van der Waals surface area (Å²) in [4.78, 5) is 40.6. The van der Waals surface area contributed by atoms with Crippen molar-refractivity contribution in [1.82, 2.24) is 34.5 Å². The molecule has 2 unspecified atom stereocenters. The Kier molecular flexibility index (Phi) is 8.59. The Labute approximate surface area is 311 Å². The molecular formula is C38H35F2N9O4S. The number of nitrogens with one attached hydrogen (secondary N) is 1. The van der Waals surface area contributed by atoms with Crippen molar-refractivity contribution < 1.29 is 23.0 Å². The number of carbonyl (C=O) groups excluding carboxylic acids is 1. The highest BCUT2D eigenvalue weighted by atomic mass is 32.1. The number of anilines is 3. The first-order valence-corrected chi connectivity index (χ1v) is 18.4. The summed E-state index contributed by atoms with van der Waals surface area (Å²) in [5, 5.41) is 7.30. The number of hydrogen-bond acceptors (Lipinski definition) is 11. The number of aromatic nitrogens is 5. The van der Waals surface area contributed by atoms with Crippen LogP contribution in [0.5, 0.6) is 5.75 Å². The van der Waals surface area contributed by atoms with Crippen molar-refractivity contribution in [2.24, 2.45) is 5.92 Å². The molecule has 3 aromatic carbocycles. The summed E-state index contributed by atoms with van der Waals surface area (Å²) in [5.74, 6) is -0.971. The van der Waals surface area contributed by atoms with Gasteiger partial charge in [0.05, 0.1) is 47.5 Å². The molecule has 6 aromatic rings. The highest BCUT2D eigenvalue weighted by molar-refractivity contribution is 7.20. The molecule has 3 aromatic heterocycles. The van der Waals surface area contributed by atoms with Gasteiger partial charge in [0.25, 0.3) is 11.5 Å². The minimum absolute atomic E-state index is 0.0698. The number of likely N-dealkylation sites (tertiary alicyclic amines) is 1. The second-order valence-corrected chi connectivity index (χ2v) is 14.9. The zero-order valence-electron chi connectivity index (χ0n) is 28.9. The smallest absolute Gasteiger partial charge is 0.298 e. The maximum atomic E-state index is 15.1. The van der Waals surface area contributed by atoms with Crippen LogP contribution in [0.15, 0.2) is 90.2 Å². The van der Waals surface area contributed by atoms with E-state index in [0.717, 1.165) is 17.4 Å². The number of fused-ring (bicyclic) bond motifs is 2. The zero-order valence-corrected chi connectivity index (χ0v) is 29.7. The van der Waals surface area contributed by atoms with Crippen molar-refractivity contribution in [2.75, 3.05) is 50.0 Å². The van der Waals surface area contributed by atoms with E-state index in [9.17, 15) is 14.0 Å². The molecule has 3 aliphatic rings. The molecule has 0 aliphatic carbocycles. The molecule has 16 heteroatoms. The van der Waals surface area contributed by atoms with Gasteiger partial charge in [-0.25, -0.2) is 23.4 Å².